The maximum Gasteiger partial charge on any atom is 0.435 e. The SMILES string of the molecule is Cc1nn(C(=O)OC(C)(C)C)c2ccc(-c3cncc(NC[C@H](Cc4ccccc4)NC(=O)OC(C)(C)C)c3)cc12. The van der Waals surface area contributed by atoms with Crippen LogP contribution in [0, 0.1) is 6.92 Å². The minimum Gasteiger partial charge on any atom is -0.444 e. The van der Waals surface area contributed by atoms with Crippen molar-refractivity contribution in [3.8, 4) is 11.1 Å². The molecule has 0 bridgehead atoms. The minimum atomic E-state index is -0.620. The van der Waals surface area contributed by atoms with Gasteiger partial charge in [-0.3, -0.25) is 4.98 Å². The number of aryl methyl sites for hydroxylation is 1. The Morgan fingerprint density at radius 1 is 0.902 bits per heavy atom. The molecule has 4 rings (SSSR count). The first-order chi connectivity index (χ1) is 19.3. The molecule has 2 aromatic heterocycles. The van der Waals surface area contributed by atoms with Crippen LogP contribution in [-0.2, 0) is 15.9 Å². The molecule has 0 aliphatic rings. The van der Waals surface area contributed by atoms with Crippen LogP contribution in [0.4, 0.5) is 15.3 Å². The van der Waals surface area contributed by atoms with Gasteiger partial charge in [0.25, 0.3) is 0 Å². The largest absolute Gasteiger partial charge is 0.444 e. The van der Waals surface area contributed by atoms with E-state index >= 15 is 0 Å². The van der Waals surface area contributed by atoms with Crippen LogP contribution in [0.25, 0.3) is 22.0 Å². The lowest BCUT2D eigenvalue weighted by Gasteiger charge is -2.24. The van der Waals surface area contributed by atoms with Crippen molar-refractivity contribution >= 4 is 28.8 Å². The van der Waals surface area contributed by atoms with Crippen molar-refractivity contribution in [1.29, 1.82) is 0 Å². The molecule has 0 spiro atoms. The van der Waals surface area contributed by atoms with Gasteiger partial charge in [0.15, 0.2) is 0 Å². The Morgan fingerprint density at radius 2 is 1.61 bits per heavy atom. The summed E-state index contributed by atoms with van der Waals surface area (Å²) in [4.78, 5) is 29.7. The van der Waals surface area contributed by atoms with Gasteiger partial charge in [-0.2, -0.15) is 9.78 Å². The maximum absolute atomic E-state index is 12.7. The molecular weight excluding hydrogens is 518 g/mol. The highest BCUT2D eigenvalue weighted by Gasteiger charge is 2.22. The van der Waals surface area contributed by atoms with E-state index in [1.54, 1.807) is 12.4 Å². The Balaban J connectivity index is 1.52. The van der Waals surface area contributed by atoms with Crippen LogP contribution >= 0.6 is 0 Å². The lowest BCUT2D eigenvalue weighted by atomic mass is 10.0. The lowest BCUT2D eigenvalue weighted by molar-refractivity contribution is 0.0501. The fraction of sp³-hybridized carbons (Fsp3) is 0.375. The van der Waals surface area contributed by atoms with E-state index in [1.165, 1.54) is 4.68 Å². The summed E-state index contributed by atoms with van der Waals surface area (Å²) < 4.78 is 12.3. The van der Waals surface area contributed by atoms with Gasteiger partial charge in [-0.1, -0.05) is 36.4 Å². The highest BCUT2D eigenvalue weighted by atomic mass is 16.6. The number of hydrogen-bond donors (Lipinski definition) is 2. The van der Waals surface area contributed by atoms with Crippen molar-refractivity contribution in [3.05, 3.63) is 78.2 Å². The van der Waals surface area contributed by atoms with Crippen molar-refractivity contribution in [2.24, 2.45) is 0 Å². The molecule has 0 aliphatic carbocycles. The number of carbonyl (C=O) groups is 2. The molecule has 1 atom stereocenters. The number of alkyl carbamates (subject to hydrolysis) is 1. The topological polar surface area (TPSA) is 107 Å². The van der Waals surface area contributed by atoms with Crippen molar-refractivity contribution in [3.63, 3.8) is 0 Å². The average Bonchev–Trinajstić information content (AvgIpc) is 3.22. The van der Waals surface area contributed by atoms with E-state index in [2.05, 4.69) is 20.7 Å². The first kappa shape index (κ1) is 29.6. The fourth-order valence-corrected chi connectivity index (χ4v) is 4.37. The number of carbonyl (C=O) groups excluding carboxylic acids is 2. The number of hydrogen-bond acceptors (Lipinski definition) is 7. The molecule has 2 heterocycles. The van der Waals surface area contributed by atoms with Crippen LogP contribution in [-0.4, -0.2) is 50.7 Å². The standard InChI is InChI=1S/C32H39N5O4/c1-21-27-17-23(13-14-28(27)37(36-21)30(39)41-32(5,6)7)24-16-25(19-33-18-24)34-20-26(15-22-11-9-8-10-12-22)35-29(38)40-31(2,3)4/h8-14,16-19,26,34H,15,20H2,1-7H3,(H,35,38)/t26-/m0/s1. The zero-order valence-corrected chi connectivity index (χ0v) is 24.8. The Labute approximate surface area is 241 Å². The van der Waals surface area contributed by atoms with E-state index in [0.717, 1.165) is 33.5 Å². The second-order valence-electron chi connectivity index (χ2n) is 12.1. The van der Waals surface area contributed by atoms with Crippen molar-refractivity contribution < 1.29 is 19.1 Å². The molecule has 0 aliphatic heterocycles. The maximum atomic E-state index is 12.7. The average molecular weight is 558 g/mol. The molecule has 0 fully saturated rings. The third-order valence-electron chi connectivity index (χ3n) is 6.10. The number of nitrogens with zero attached hydrogens (tertiary/aromatic N) is 3. The Morgan fingerprint density at radius 3 is 2.29 bits per heavy atom. The smallest absolute Gasteiger partial charge is 0.435 e. The van der Waals surface area contributed by atoms with Crippen LogP contribution in [0.2, 0.25) is 0 Å². The van der Waals surface area contributed by atoms with E-state index in [1.807, 2.05) is 103 Å². The molecule has 1 amide bonds. The van der Waals surface area contributed by atoms with Gasteiger partial charge in [-0.25, -0.2) is 9.59 Å². The van der Waals surface area contributed by atoms with Crippen LogP contribution < -0.4 is 10.6 Å². The van der Waals surface area contributed by atoms with Gasteiger partial charge >= 0.3 is 12.2 Å². The number of anilines is 1. The summed E-state index contributed by atoms with van der Waals surface area (Å²) in [6.45, 7) is 13.3. The number of nitrogens with one attached hydrogen (secondary N) is 2. The predicted octanol–water partition coefficient (Wildman–Crippen LogP) is 6.74. The number of benzene rings is 2. The normalized spacial score (nSPS) is 12.6. The zero-order chi connectivity index (χ0) is 29.8. The first-order valence-electron chi connectivity index (χ1n) is 13.7. The molecule has 216 valence electrons. The van der Waals surface area contributed by atoms with Crippen molar-refractivity contribution in [1.82, 2.24) is 20.1 Å². The van der Waals surface area contributed by atoms with Gasteiger partial charge < -0.3 is 20.1 Å². The molecule has 0 unspecified atom stereocenters. The summed E-state index contributed by atoms with van der Waals surface area (Å²) in [6, 6.07) is 17.6. The minimum absolute atomic E-state index is 0.214. The van der Waals surface area contributed by atoms with Gasteiger partial charge in [0.1, 0.15) is 11.2 Å². The second kappa shape index (κ2) is 12.0. The molecule has 2 N–H and O–H groups in total. The monoisotopic (exact) mass is 557 g/mol. The Bertz CT molecular complexity index is 1520. The lowest BCUT2D eigenvalue weighted by Crippen LogP contribution is -2.43. The molecule has 0 saturated carbocycles. The highest BCUT2D eigenvalue weighted by Crippen LogP contribution is 2.28. The number of rotatable bonds is 7. The van der Waals surface area contributed by atoms with Crippen LogP contribution in [0.5, 0.6) is 0 Å². The second-order valence-corrected chi connectivity index (χ2v) is 12.1. The van der Waals surface area contributed by atoms with Crippen LogP contribution in [0.15, 0.2) is 67.0 Å². The quantitative estimate of drug-likeness (QED) is 0.259. The molecule has 4 aromatic rings. The fourth-order valence-electron chi connectivity index (χ4n) is 4.37. The highest BCUT2D eigenvalue weighted by molar-refractivity contribution is 5.92. The van der Waals surface area contributed by atoms with Gasteiger partial charge in [0.05, 0.1) is 22.9 Å². The van der Waals surface area contributed by atoms with E-state index in [-0.39, 0.29) is 6.04 Å². The molecule has 9 nitrogen and oxygen atoms in total. The third-order valence-corrected chi connectivity index (χ3v) is 6.10. The molecule has 2 aromatic carbocycles. The summed E-state index contributed by atoms with van der Waals surface area (Å²) in [5, 5.41) is 11.7. The number of ether oxygens (including phenoxy) is 2. The van der Waals surface area contributed by atoms with Gasteiger partial charge in [0, 0.05) is 29.9 Å². The predicted molar refractivity (Wildman–Crippen MR) is 161 cm³/mol. The number of amides is 1. The summed E-state index contributed by atoms with van der Waals surface area (Å²) in [6.07, 6.45) is 3.21. The summed E-state index contributed by atoms with van der Waals surface area (Å²) >= 11 is 0. The number of fused-ring (bicyclic) bond motifs is 1. The van der Waals surface area contributed by atoms with Crippen LogP contribution in [0.3, 0.4) is 0 Å². The zero-order valence-electron chi connectivity index (χ0n) is 24.8. The van der Waals surface area contributed by atoms with E-state index in [0.29, 0.717) is 18.5 Å². The van der Waals surface area contributed by atoms with E-state index in [4.69, 9.17) is 9.47 Å². The molecule has 0 radical (unpaired) electrons. The van der Waals surface area contributed by atoms with Crippen LogP contribution in [0.1, 0.15) is 52.8 Å². The summed E-state index contributed by atoms with van der Waals surface area (Å²) in [5.41, 5.74) is 3.97. The summed E-state index contributed by atoms with van der Waals surface area (Å²) in [5.74, 6) is 0. The number of pyridine rings is 1. The molecular formula is C32H39N5O4. The van der Waals surface area contributed by atoms with Crippen molar-refractivity contribution in [2.75, 3.05) is 11.9 Å². The molecule has 9 heteroatoms. The van der Waals surface area contributed by atoms with E-state index in [9.17, 15) is 9.59 Å². The Hall–Kier alpha value is -4.40. The third kappa shape index (κ3) is 8.30. The van der Waals surface area contributed by atoms with Gasteiger partial charge in [0.2, 0.25) is 0 Å². The molecule has 0 saturated heterocycles. The Kier molecular flexibility index (Phi) is 8.66. The first-order valence-corrected chi connectivity index (χ1v) is 13.7. The van der Waals surface area contributed by atoms with Gasteiger partial charge in [-0.05, 0) is 84.2 Å². The molecule has 41 heavy (non-hydrogen) atoms. The summed E-state index contributed by atoms with van der Waals surface area (Å²) in [7, 11) is 0. The van der Waals surface area contributed by atoms with Gasteiger partial charge in [-0.15, -0.1) is 0 Å². The van der Waals surface area contributed by atoms with E-state index < -0.39 is 23.4 Å². The van der Waals surface area contributed by atoms with Crippen molar-refractivity contribution in [2.45, 2.75) is 72.1 Å². The number of aromatic nitrogens is 3.